The molecule has 200 valence electrons. The van der Waals surface area contributed by atoms with Gasteiger partial charge in [-0.15, -0.1) is 0 Å². The molecule has 1 aliphatic rings. The minimum Gasteiger partial charge on any atom is -0.493 e. The minimum absolute atomic E-state index is 0.0157. The molecular weight excluding hydrogens is 480 g/mol. The zero-order chi connectivity index (χ0) is 26.8. The van der Waals surface area contributed by atoms with Crippen molar-refractivity contribution in [2.75, 3.05) is 13.9 Å². The monoisotopic (exact) mass is 514 g/mol. The fourth-order valence-corrected chi connectivity index (χ4v) is 4.27. The Bertz CT molecular complexity index is 1060. The van der Waals surface area contributed by atoms with Gasteiger partial charge in [0.1, 0.15) is 24.0 Å². The van der Waals surface area contributed by atoms with E-state index in [-0.39, 0.29) is 29.2 Å². The third kappa shape index (κ3) is 7.83. The van der Waals surface area contributed by atoms with Gasteiger partial charge >= 0.3 is 11.9 Å². The van der Waals surface area contributed by atoms with Gasteiger partial charge in [0.15, 0.2) is 17.2 Å². The van der Waals surface area contributed by atoms with Crippen LogP contribution in [0.25, 0.3) is 0 Å². The number of aromatic nitrogens is 1. The van der Waals surface area contributed by atoms with Crippen molar-refractivity contribution in [1.82, 2.24) is 10.3 Å². The van der Waals surface area contributed by atoms with Gasteiger partial charge in [-0.25, -0.2) is 9.78 Å². The summed E-state index contributed by atoms with van der Waals surface area (Å²) in [5.74, 6) is -0.736. The largest absolute Gasteiger partial charge is 0.493 e. The Kier molecular flexibility index (Phi) is 10.1. The zero-order valence-corrected chi connectivity index (χ0v) is 21.6. The van der Waals surface area contributed by atoms with Crippen molar-refractivity contribution in [3.63, 3.8) is 0 Å². The first-order valence-corrected chi connectivity index (χ1v) is 12.3. The van der Waals surface area contributed by atoms with Crippen molar-refractivity contribution >= 4 is 17.8 Å². The number of carbonyl (C=O) groups is 3. The predicted octanol–water partition coefficient (Wildman–Crippen LogP) is 3.68. The van der Waals surface area contributed by atoms with Crippen LogP contribution in [0, 0.1) is 5.92 Å². The molecule has 1 aliphatic carbocycles. The molecule has 0 saturated heterocycles. The van der Waals surface area contributed by atoms with Crippen LogP contribution in [0.1, 0.15) is 56.9 Å². The standard InChI is InChI=1S/C27H34N2O8/c1-17(29-26(31)23-25(35-16-34-19(3)30)22(33-4)14-15-28-23)27(32)37-24(20-10-8-9-11-20)18(2)36-21-12-6-5-7-13-21/h5-7,12-15,17-18,20,24H,8-11,16H2,1-4H3,(H,29,31)/t17-,18-,24?/m0/s1. The van der Waals surface area contributed by atoms with Crippen LogP contribution in [0.2, 0.25) is 0 Å². The number of carbonyl (C=O) groups excluding carboxylic acids is 3. The number of ether oxygens (including phenoxy) is 5. The fourth-order valence-electron chi connectivity index (χ4n) is 4.27. The average molecular weight is 515 g/mol. The van der Waals surface area contributed by atoms with E-state index in [1.807, 2.05) is 37.3 Å². The van der Waals surface area contributed by atoms with Gasteiger partial charge in [-0.3, -0.25) is 9.59 Å². The van der Waals surface area contributed by atoms with Gasteiger partial charge in [0.25, 0.3) is 5.91 Å². The molecule has 10 heteroatoms. The maximum Gasteiger partial charge on any atom is 0.328 e. The number of esters is 2. The van der Waals surface area contributed by atoms with Gasteiger partial charge in [0.2, 0.25) is 6.79 Å². The van der Waals surface area contributed by atoms with E-state index in [4.69, 9.17) is 23.7 Å². The molecule has 1 amide bonds. The Hall–Kier alpha value is -3.82. The SMILES string of the molecule is COc1ccnc(C(=O)N[C@@H](C)C(=O)OC(C2CCCC2)[C@H](C)Oc2ccccc2)c1OCOC(C)=O. The minimum atomic E-state index is -0.977. The lowest BCUT2D eigenvalue weighted by Gasteiger charge is -2.30. The second kappa shape index (κ2) is 13.5. The molecule has 1 aromatic carbocycles. The highest BCUT2D eigenvalue weighted by Crippen LogP contribution is 2.33. The van der Waals surface area contributed by atoms with Crippen molar-refractivity contribution in [1.29, 1.82) is 0 Å². The van der Waals surface area contributed by atoms with E-state index in [0.717, 1.165) is 25.7 Å². The lowest BCUT2D eigenvalue weighted by Crippen LogP contribution is -2.45. The molecule has 0 radical (unpaired) electrons. The van der Waals surface area contributed by atoms with E-state index in [1.54, 1.807) is 0 Å². The number of pyridine rings is 1. The van der Waals surface area contributed by atoms with Gasteiger partial charge in [-0.2, -0.15) is 0 Å². The van der Waals surface area contributed by atoms with Crippen LogP contribution in [0.4, 0.5) is 0 Å². The number of rotatable bonds is 12. The summed E-state index contributed by atoms with van der Waals surface area (Å²) in [7, 11) is 1.40. The molecule has 2 aromatic rings. The van der Waals surface area contributed by atoms with Crippen LogP contribution in [-0.2, 0) is 19.1 Å². The van der Waals surface area contributed by atoms with E-state index in [9.17, 15) is 14.4 Å². The smallest absolute Gasteiger partial charge is 0.328 e. The summed E-state index contributed by atoms with van der Waals surface area (Å²) in [5, 5.41) is 2.61. The predicted molar refractivity (Wildman–Crippen MR) is 133 cm³/mol. The highest BCUT2D eigenvalue weighted by molar-refractivity contribution is 5.98. The van der Waals surface area contributed by atoms with Crippen molar-refractivity contribution in [2.45, 2.75) is 64.7 Å². The summed E-state index contributed by atoms with van der Waals surface area (Å²) < 4.78 is 27.5. The Balaban J connectivity index is 1.68. The Morgan fingerprint density at radius 1 is 1.08 bits per heavy atom. The van der Waals surface area contributed by atoms with Gasteiger partial charge in [0.05, 0.1) is 7.11 Å². The molecule has 0 spiro atoms. The molecule has 3 rings (SSSR count). The maximum absolute atomic E-state index is 13.1. The first kappa shape index (κ1) is 27.8. The molecule has 0 bridgehead atoms. The Labute approximate surface area is 216 Å². The van der Waals surface area contributed by atoms with Crippen LogP contribution < -0.4 is 19.5 Å². The first-order chi connectivity index (χ1) is 17.8. The second-order valence-electron chi connectivity index (χ2n) is 8.87. The maximum atomic E-state index is 13.1. The molecule has 1 N–H and O–H groups in total. The second-order valence-corrected chi connectivity index (χ2v) is 8.87. The quantitative estimate of drug-likeness (QED) is 0.334. The number of nitrogens with one attached hydrogen (secondary N) is 1. The Morgan fingerprint density at radius 3 is 2.43 bits per heavy atom. The lowest BCUT2D eigenvalue weighted by molar-refractivity contribution is -0.159. The molecule has 3 atom stereocenters. The van der Waals surface area contributed by atoms with Crippen LogP contribution in [-0.4, -0.2) is 55.0 Å². The van der Waals surface area contributed by atoms with E-state index < -0.39 is 36.8 Å². The summed E-state index contributed by atoms with van der Waals surface area (Å²) in [6.45, 7) is 4.22. The molecule has 37 heavy (non-hydrogen) atoms. The number of hydrogen-bond donors (Lipinski definition) is 1. The summed E-state index contributed by atoms with van der Waals surface area (Å²) in [6.07, 6.45) is 4.55. The van der Waals surface area contributed by atoms with Crippen LogP contribution in [0.5, 0.6) is 17.2 Å². The molecule has 1 aromatic heterocycles. The highest BCUT2D eigenvalue weighted by Gasteiger charge is 2.35. The van der Waals surface area contributed by atoms with Crippen molar-refractivity contribution in [3.05, 3.63) is 48.3 Å². The van der Waals surface area contributed by atoms with E-state index >= 15 is 0 Å². The summed E-state index contributed by atoms with van der Waals surface area (Å²) in [4.78, 5) is 41.2. The summed E-state index contributed by atoms with van der Waals surface area (Å²) >= 11 is 0. The molecule has 10 nitrogen and oxygen atoms in total. The van der Waals surface area contributed by atoms with Crippen molar-refractivity contribution in [3.8, 4) is 17.2 Å². The van der Waals surface area contributed by atoms with Gasteiger partial charge in [-0.05, 0) is 44.7 Å². The van der Waals surface area contributed by atoms with Crippen LogP contribution in [0.15, 0.2) is 42.6 Å². The normalized spacial score (nSPS) is 15.7. The lowest BCUT2D eigenvalue weighted by atomic mass is 9.96. The molecular formula is C27H34N2O8. The molecule has 1 heterocycles. The molecule has 1 saturated carbocycles. The van der Waals surface area contributed by atoms with Crippen LogP contribution >= 0.6 is 0 Å². The molecule has 0 aliphatic heterocycles. The highest BCUT2D eigenvalue weighted by atomic mass is 16.7. The third-order valence-electron chi connectivity index (χ3n) is 6.11. The number of para-hydroxylation sites is 1. The third-order valence-corrected chi connectivity index (χ3v) is 6.11. The van der Waals surface area contributed by atoms with Crippen molar-refractivity contribution in [2.24, 2.45) is 5.92 Å². The average Bonchev–Trinajstić information content (AvgIpc) is 3.42. The fraction of sp³-hybridized carbons (Fsp3) is 0.481. The van der Waals surface area contributed by atoms with E-state index in [2.05, 4.69) is 10.3 Å². The number of benzene rings is 1. The van der Waals surface area contributed by atoms with Crippen molar-refractivity contribution < 1.29 is 38.1 Å². The van der Waals surface area contributed by atoms with Gasteiger partial charge < -0.3 is 29.0 Å². The van der Waals surface area contributed by atoms with Crippen LogP contribution in [0.3, 0.4) is 0 Å². The number of hydrogen-bond acceptors (Lipinski definition) is 9. The number of methoxy groups -OCH3 is 1. The molecule has 1 unspecified atom stereocenters. The first-order valence-electron chi connectivity index (χ1n) is 12.3. The Morgan fingerprint density at radius 2 is 1.78 bits per heavy atom. The van der Waals surface area contributed by atoms with E-state index in [0.29, 0.717) is 5.75 Å². The molecule has 1 fully saturated rings. The van der Waals surface area contributed by atoms with E-state index in [1.165, 1.54) is 33.2 Å². The summed E-state index contributed by atoms with van der Waals surface area (Å²) in [6, 6.07) is 9.90. The summed E-state index contributed by atoms with van der Waals surface area (Å²) in [5.41, 5.74) is -0.126. The number of amides is 1. The van der Waals surface area contributed by atoms with Gasteiger partial charge in [0, 0.05) is 19.2 Å². The zero-order valence-electron chi connectivity index (χ0n) is 21.6. The van der Waals surface area contributed by atoms with Gasteiger partial charge in [-0.1, -0.05) is 31.0 Å². The topological polar surface area (TPSA) is 122 Å². The number of nitrogens with zero attached hydrogens (tertiary/aromatic N) is 1.